The molecule has 0 heterocycles. The fourth-order valence-electron chi connectivity index (χ4n) is 1.89. The maximum atomic E-state index is 9.99. The van der Waals surface area contributed by atoms with Gasteiger partial charge in [-0.25, -0.2) is 0 Å². The molecule has 0 aromatic heterocycles. The minimum absolute atomic E-state index is 0.359. The van der Waals surface area contributed by atoms with Crippen molar-refractivity contribution in [3.63, 3.8) is 0 Å². The summed E-state index contributed by atoms with van der Waals surface area (Å²) in [7, 11) is 0. The van der Waals surface area contributed by atoms with Gasteiger partial charge in [0.05, 0.1) is 0 Å². The normalized spacial score (nSPS) is 10.4. The van der Waals surface area contributed by atoms with Crippen LogP contribution in [0.2, 0.25) is 0 Å². The topological polar surface area (TPSA) is 20.2 Å². The van der Waals surface area contributed by atoms with Gasteiger partial charge in [-0.2, -0.15) is 0 Å². The molecule has 1 N–H and O–H groups in total. The van der Waals surface area contributed by atoms with E-state index in [9.17, 15) is 5.11 Å². The van der Waals surface area contributed by atoms with Gasteiger partial charge >= 0.3 is 0 Å². The summed E-state index contributed by atoms with van der Waals surface area (Å²) >= 11 is 0. The molecule has 0 unspecified atom stereocenters. The summed E-state index contributed by atoms with van der Waals surface area (Å²) in [5.74, 6) is 0.359. The summed E-state index contributed by atoms with van der Waals surface area (Å²) < 4.78 is 0. The van der Waals surface area contributed by atoms with Gasteiger partial charge in [-0.15, -0.1) is 0 Å². The van der Waals surface area contributed by atoms with Crippen molar-refractivity contribution < 1.29 is 5.11 Å². The van der Waals surface area contributed by atoms with Gasteiger partial charge in [0, 0.05) is 5.56 Å². The van der Waals surface area contributed by atoms with Crippen LogP contribution in [0.3, 0.4) is 0 Å². The van der Waals surface area contributed by atoms with Crippen LogP contribution in [0.25, 0.3) is 11.1 Å². The number of rotatable bonds is 1. The lowest BCUT2D eigenvalue weighted by molar-refractivity contribution is 0.476. The molecule has 0 saturated heterocycles. The van der Waals surface area contributed by atoms with E-state index in [1.54, 1.807) is 0 Å². The molecule has 0 atom stereocenters. The smallest absolute Gasteiger partial charge is 0.123 e. The second-order valence-electron chi connectivity index (χ2n) is 4.27. The lowest BCUT2D eigenvalue weighted by Crippen LogP contribution is -1.87. The first kappa shape index (κ1) is 10.7. The molecule has 1 nitrogen and oxygen atoms in total. The second-order valence-corrected chi connectivity index (χ2v) is 4.27. The molecule has 82 valence electrons. The Balaban J connectivity index is 2.65. The third-order valence-electron chi connectivity index (χ3n) is 3.05. The molecule has 0 fully saturated rings. The Morgan fingerprint density at radius 2 is 1.38 bits per heavy atom. The molecule has 0 saturated carbocycles. The maximum absolute atomic E-state index is 9.99. The van der Waals surface area contributed by atoms with Crippen LogP contribution in [0.4, 0.5) is 0 Å². The van der Waals surface area contributed by atoms with E-state index in [0.717, 1.165) is 16.7 Å². The standard InChI is InChI=1S/C15H16O/c1-10-6-4-5-7-13(10)14-8-11(2)12(3)9-15(14)16/h4-9,16H,1-3H3. The summed E-state index contributed by atoms with van der Waals surface area (Å²) in [4.78, 5) is 0. The summed E-state index contributed by atoms with van der Waals surface area (Å²) in [6.07, 6.45) is 0. The molecule has 0 bridgehead atoms. The zero-order valence-electron chi connectivity index (χ0n) is 9.91. The Bertz CT molecular complexity index is 527. The third kappa shape index (κ3) is 1.81. The van der Waals surface area contributed by atoms with E-state index in [-0.39, 0.29) is 0 Å². The van der Waals surface area contributed by atoms with Gasteiger partial charge in [0.15, 0.2) is 0 Å². The van der Waals surface area contributed by atoms with E-state index in [1.165, 1.54) is 11.1 Å². The van der Waals surface area contributed by atoms with Crippen LogP contribution in [0.1, 0.15) is 16.7 Å². The average molecular weight is 212 g/mol. The van der Waals surface area contributed by atoms with Crippen molar-refractivity contribution in [2.75, 3.05) is 0 Å². The number of phenolic OH excluding ortho intramolecular Hbond substituents is 1. The average Bonchev–Trinajstić information content (AvgIpc) is 2.25. The molecule has 0 spiro atoms. The van der Waals surface area contributed by atoms with E-state index in [1.807, 2.05) is 37.3 Å². The number of phenols is 1. The van der Waals surface area contributed by atoms with Crippen LogP contribution < -0.4 is 0 Å². The van der Waals surface area contributed by atoms with Crippen LogP contribution in [-0.2, 0) is 0 Å². The lowest BCUT2D eigenvalue weighted by atomic mass is 9.96. The molecule has 2 rings (SSSR count). The van der Waals surface area contributed by atoms with Crippen LogP contribution in [0, 0.1) is 20.8 Å². The maximum Gasteiger partial charge on any atom is 0.123 e. The summed E-state index contributed by atoms with van der Waals surface area (Å²) in [5, 5.41) is 9.99. The van der Waals surface area contributed by atoms with E-state index in [2.05, 4.69) is 19.9 Å². The van der Waals surface area contributed by atoms with E-state index in [4.69, 9.17) is 0 Å². The van der Waals surface area contributed by atoms with Gasteiger partial charge in [0.2, 0.25) is 0 Å². The molecule has 0 aliphatic heterocycles. The predicted octanol–water partition coefficient (Wildman–Crippen LogP) is 3.98. The highest BCUT2D eigenvalue weighted by molar-refractivity contribution is 5.74. The van der Waals surface area contributed by atoms with Crippen LogP contribution in [-0.4, -0.2) is 5.11 Å². The minimum atomic E-state index is 0.359. The molecule has 16 heavy (non-hydrogen) atoms. The number of hydrogen-bond donors (Lipinski definition) is 1. The molecule has 0 amide bonds. The Morgan fingerprint density at radius 1 is 0.750 bits per heavy atom. The van der Waals surface area contributed by atoms with Crippen LogP contribution in [0.5, 0.6) is 5.75 Å². The highest BCUT2D eigenvalue weighted by Crippen LogP contribution is 2.33. The fourth-order valence-corrected chi connectivity index (χ4v) is 1.89. The SMILES string of the molecule is Cc1cc(O)c(-c2ccccc2C)cc1C. The first-order valence-electron chi connectivity index (χ1n) is 5.46. The molecule has 0 radical (unpaired) electrons. The predicted molar refractivity (Wildman–Crippen MR) is 67.8 cm³/mol. The molecule has 1 heteroatoms. The fraction of sp³-hybridized carbons (Fsp3) is 0.200. The molecule has 2 aromatic carbocycles. The molecular formula is C15H16O. The first-order valence-corrected chi connectivity index (χ1v) is 5.46. The third-order valence-corrected chi connectivity index (χ3v) is 3.05. The first-order chi connectivity index (χ1) is 7.59. The number of aromatic hydroxyl groups is 1. The molecule has 2 aromatic rings. The molecule has 0 aliphatic carbocycles. The highest BCUT2D eigenvalue weighted by Gasteiger charge is 2.08. The van der Waals surface area contributed by atoms with Crippen LogP contribution >= 0.6 is 0 Å². The van der Waals surface area contributed by atoms with Gasteiger partial charge < -0.3 is 5.11 Å². The highest BCUT2D eigenvalue weighted by atomic mass is 16.3. The van der Waals surface area contributed by atoms with Gasteiger partial charge in [-0.3, -0.25) is 0 Å². The Labute approximate surface area is 96.4 Å². The van der Waals surface area contributed by atoms with Gasteiger partial charge in [0.1, 0.15) is 5.75 Å². The Hall–Kier alpha value is -1.76. The second kappa shape index (κ2) is 4.01. The molecule has 0 aliphatic rings. The lowest BCUT2D eigenvalue weighted by Gasteiger charge is -2.10. The number of hydrogen-bond acceptors (Lipinski definition) is 1. The van der Waals surface area contributed by atoms with E-state index < -0.39 is 0 Å². The van der Waals surface area contributed by atoms with Crippen molar-refractivity contribution >= 4 is 0 Å². The Kier molecular flexibility index (Phi) is 2.69. The number of benzene rings is 2. The Morgan fingerprint density at radius 3 is 2.06 bits per heavy atom. The summed E-state index contributed by atoms with van der Waals surface area (Å²) in [6, 6.07) is 12.0. The van der Waals surface area contributed by atoms with Gasteiger partial charge in [-0.1, -0.05) is 24.3 Å². The van der Waals surface area contributed by atoms with E-state index in [0.29, 0.717) is 5.75 Å². The van der Waals surface area contributed by atoms with E-state index >= 15 is 0 Å². The van der Waals surface area contributed by atoms with Crippen molar-refractivity contribution in [1.82, 2.24) is 0 Å². The van der Waals surface area contributed by atoms with Crippen molar-refractivity contribution in [2.45, 2.75) is 20.8 Å². The van der Waals surface area contributed by atoms with Crippen molar-refractivity contribution in [2.24, 2.45) is 0 Å². The quantitative estimate of drug-likeness (QED) is 0.758. The zero-order valence-corrected chi connectivity index (χ0v) is 9.91. The van der Waals surface area contributed by atoms with Crippen LogP contribution in [0.15, 0.2) is 36.4 Å². The van der Waals surface area contributed by atoms with Gasteiger partial charge in [-0.05, 0) is 55.2 Å². The van der Waals surface area contributed by atoms with Crippen molar-refractivity contribution in [3.8, 4) is 16.9 Å². The largest absolute Gasteiger partial charge is 0.507 e. The van der Waals surface area contributed by atoms with Crippen molar-refractivity contribution in [1.29, 1.82) is 0 Å². The minimum Gasteiger partial charge on any atom is -0.507 e. The monoisotopic (exact) mass is 212 g/mol. The number of aryl methyl sites for hydroxylation is 3. The van der Waals surface area contributed by atoms with Crippen molar-refractivity contribution in [3.05, 3.63) is 53.1 Å². The van der Waals surface area contributed by atoms with Gasteiger partial charge in [0.25, 0.3) is 0 Å². The summed E-state index contributed by atoms with van der Waals surface area (Å²) in [5.41, 5.74) is 5.52. The molecular weight excluding hydrogens is 196 g/mol. The zero-order chi connectivity index (χ0) is 11.7. The summed E-state index contributed by atoms with van der Waals surface area (Å²) in [6.45, 7) is 6.14.